The lowest BCUT2D eigenvalue weighted by Crippen LogP contribution is -2.42. The standard InChI is InChI=1S/C16H23N5OS/c1-2-21-7-3-5-13(21)10-19-16(17)18-9-12-11-23-15(20-12)14-6-4-8-22-14/h4,6,8,11,13H,2-3,5,7,9-10H2,1H3,(H3,17,18,19). The lowest BCUT2D eigenvalue weighted by atomic mass is 10.2. The van der Waals surface area contributed by atoms with Gasteiger partial charge in [-0.25, -0.2) is 9.98 Å². The van der Waals surface area contributed by atoms with Gasteiger partial charge in [0.25, 0.3) is 0 Å². The second kappa shape index (κ2) is 7.61. The van der Waals surface area contributed by atoms with E-state index in [-0.39, 0.29) is 0 Å². The Kier molecular flexibility index (Phi) is 5.30. The van der Waals surface area contributed by atoms with Crippen molar-refractivity contribution in [1.82, 2.24) is 15.2 Å². The van der Waals surface area contributed by atoms with Crippen molar-refractivity contribution in [3.63, 3.8) is 0 Å². The van der Waals surface area contributed by atoms with Gasteiger partial charge in [0.2, 0.25) is 0 Å². The number of rotatable bonds is 6. The van der Waals surface area contributed by atoms with Crippen molar-refractivity contribution in [2.24, 2.45) is 10.7 Å². The van der Waals surface area contributed by atoms with Crippen LogP contribution in [0.5, 0.6) is 0 Å². The van der Waals surface area contributed by atoms with Crippen LogP contribution in [0.3, 0.4) is 0 Å². The maximum atomic E-state index is 5.97. The normalized spacial score (nSPS) is 19.3. The first kappa shape index (κ1) is 16.0. The SMILES string of the molecule is CCN1CCCC1CNC(N)=NCc1csc(-c2ccco2)n1. The first-order chi connectivity index (χ1) is 11.3. The summed E-state index contributed by atoms with van der Waals surface area (Å²) in [6.07, 6.45) is 4.15. The Morgan fingerprint density at radius 1 is 1.61 bits per heavy atom. The molecule has 3 heterocycles. The van der Waals surface area contributed by atoms with Crippen LogP contribution in [0.2, 0.25) is 0 Å². The van der Waals surface area contributed by atoms with Gasteiger partial charge >= 0.3 is 0 Å². The Morgan fingerprint density at radius 3 is 3.30 bits per heavy atom. The van der Waals surface area contributed by atoms with Crippen molar-refractivity contribution >= 4 is 17.3 Å². The molecule has 3 N–H and O–H groups in total. The second-order valence-corrected chi connectivity index (χ2v) is 6.49. The maximum absolute atomic E-state index is 5.97. The molecule has 1 fully saturated rings. The molecule has 0 bridgehead atoms. The van der Waals surface area contributed by atoms with Crippen LogP contribution >= 0.6 is 11.3 Å². The highest BCUT2D eigenvalue weighted by molar-refractivity contribution is 7.13. The van der Waals surface area contributed by atoms with E-state index in [1.54, 1.807) is 17.6 Å². The van der Waals surface area contributed by atoms with E-state index < -0.39 is 0 Å². The number of furan rings is 1. The molecule has 3 rings (SSSR count). The molecule has 0 aliphatic carbocycles. The molecule has 2 aromatic heterocycles. The van der Waals surface area contributed by atoms with E-state index in [1.807, 2.05) is 17.5 Å². The zero-order valence-corrected chi connectivity index (χ0v) is 14.2. The summed E-state index contributed by atoms with van der Waals surface area (Å²) in [5, 5.41) is 6.10. The summed E-state index contributed by atoms with van der Waals surface area (Å²) in [7, 11) is 0. The summed E-state index contributed by atoms with van der Waals surface area (Å²) in [6.45, 7) is 5.83. The third-order valence-corrected chi connectivity index (χ3v) is 5.02. The number of aromatic nitrogens is 1. The van der Waals surface area contributed by atoms with Crippen LogP contribution < -0.4 is 11.1 Å². The number of nitrogens with zero attached hydrogens (tertiary/aromatic N) is 3. The molecule has 1 aliphatic rings. The van der Waals surface area contributed by atoms with E-state index in [9.17, 15) is 0 Å². The van der Waals surface area contributed by atoms with Gasteiger partial charge in [-0.05, 0) is 38.1 Å². The molecular formula is C16H23N5OS. The number of nitrogens with one attached hydrogen (secondary N) is 1. The Bertz CT molecular complexity index is 637. The highest BCUT2D eigenvalue weighted by Gasteiger charge is 2.22. The van der Waals surface area contributed by atoms with Crippen molar-refractivity contribution in [3.8, 4) is 10.8 Å². The van der Waals surface area contributed by atoms with Gasteiger partial charge in [0.1, 0.15) is 0 Å². The summed E-state index contributed by atoms with van der Waals surface area (Å²) in [5.74, 6) is 1.28. The number of hydrogen-bond acceptors (Lipinski definition) is 5. The summed E-state index contributed by atoms with van der Waals surface area (Å²) in [6, 6.07) is 4.33. The fraction of sp³-hybridized carbons (Fsp3) is 0.500. The third-order valence-electron chi connectivity index (χ3n) is 4.12. The van der Waals surface area contributed by atoms with Crippen molar-refractivity contribution in [1.29, 1.82) is 0 Å². The summed E-state index contributed by atoms with van der Waals surface area (Å²) in [4.78, 5) is 11.4. The van der Waals surface area contributed by atoms with Gasteiger partial charge in [-0.1, -0.05) is 6.92 Å². The number of guanidine groups is 1. The zero-order valence-electron chi connectivity index (χ0n) is 13.4. The number of hydrogen-bond donors (Lipinski definition) is 2. The van der Waals surface area contributed by atoms with E-state index in [0.717, 1.165) is 29.6 Å². The fourth-order valence-corrected chi connectivity index (χ4v) is 3.66. The first-order valence-corrected chi connectivity index (χ1v) is 8.90. The quantitative estimate of drug-likeness (QED) is 0.626. The van der Waals surface area contributed by atoms with Gasteiger partial charge in [-0.3, -0.25) is 4.90 Å². The molecule has 0 spiro atoms. The second-order valence-electron chi connectivity index (χ2n) is 5.63. The first-order valence-electron chi connectivity index (χ1n) is 8.02. The van der Waals surface area contributed by atoms with Crippen molar-refractivity contribution in [2.45, 2.75) is 32.4 Å². The minimum Gasteiger partial charge on any atom is -0.462 e. The molecule has 1 unspecified atom stereocenters. The summed E-state index contributed by atoms with van der Waals surface area (Å²) < 4.78 is 5.35. The van der Waals surface area contributed by atoms with E-state index in [0.29, 0.717) is 18.5 Å². The smallest absolute Gasteiger partial charge is 0.189 e. The molecule has 2 aromatic rings. The van der Waals surface area contributed by atoms with E-state index >= 15 is 0 Å². The van der Waals surface area contributed by atoms with Crippen LogP contribution in [0.1, 0.15) is 25.5 Å². The molecule has 1 saturated heterocycles. The fourth-order valence-electron chi connectivity index (χ4n) is 2.88. The number of nitrogens with two attached hydrogens (primary N) is 1. The Hall–Kier alpha value is -1.86. The summed E-state index contributed by atoms with van der Waals surface area (Å²) >= 11 is 1.55. The lowest BCUT2D eigenvalue weighted by Gasteiger charge is -2.23. The molecule has 1 aliphatic heterocycles. The number of aliphatic imine (C=N–C) groups is 1. The maximum Gasteiger partial charge on any atom is 0.189 e. The van der Waals surface area contributed by atoms with Crippen LogP contribution in [0, 0.1) is 0 Å². The molecule has 0 radical (unpaired) electrons. The molecule has 0 amide bonds. The molecule has 0 saturated carbocycles. The Labute approximate surface area is 140 Å². The van der Waals surface area contributed by atoms with Crippen LogP contribution in [0.15, 0.2) is 33.2 Å². The van der Waals surface area contributed by atoms with Crippen LogP contribution in [-0.4, -0.2) is 41.5 Å². The van der Waals surface area contributed by atoms with Crippen molar-refractivity contribution < 1.29 is 4.42 Å². The number of likely N-dealkylation sites (N-methyl/N-ethyl adjacent to an activating group) is 1. The molecule has 0 aromatic carbocycles. The monoisotopic (exact) mass is 333 g/mol. The van der Waals surface area contributed by atoms with Gasteiger partial charge in [0.05, 0.1) is 18.5 Å². The van der Waals surface area contributed by atoms with Gasteiger partial charge in [0.15, 0.2) is 16.7 Å². The number of likely N-dealkylation sites (tertiary alicyclic amines) is 1. The summed E-state index contributed by atoms with van der Waals surface area (Å²) in [5.41, 5.74) is 6.87. The van der Waals surface area contributed by atoms with Crippen molar-refractivity contribution in [2.75, 3.05) is 19.6 Å². The highest BCUT2D eigenvalue weighted by atomic mass is 32.1. The molecule has 7 heteroatoms. The highest BCUT2D eigenvalue weighted by Crippen LogP contribution is 2.24. The molecular weight excluding hydrogens is 310 g/mol. The molecule has 23 heavy (non-hydrogen) atoms. The minimum absolute atomic E-state index is 0.484. The van der Waals surface area contributed by atoms with Crippen molar-refractivity contribution in [3.05, 3.63) is 29.5 Å². The van der Waals surface area contributed by atoms with Crippen LogP contribution in [-0.2, 0) is 6.54 Å². The Balaban J connectivity index is 1.49. The Morgan fingerprint density at radius 2 is 2.52 bits per heavy atom. The predicted octanol–water partition coefficient (Wildman–Crippen LogP) is 2.29. The predicted molar refractivity (Wildman–Crippen MR) is 93.4 cm³/mol. The van der Waals surface area contributed by atoms with E-state index in [1.165, 1.54) is 19.4 Å². The topological polar surface area (TPSA) is 79.7 Å². The van der Waals surface area contributed by atoms with Gasteiger partial charge < -0.3 is 15.5 Å². The van der Waals surface area contributed by atoms with Gasteiger partial charge in [0, 0.05) is 18.0 Å². The average molecular weight is 333 g/mol. The number of thiazole rings is 1. The van der Waals surface area contributed by atoms with Gasteiger partial charge in [-0.15, -0.1) is 11.3 Å². The van der Waals surface area contributed by atoms with Crippen LogP contribution in [0.4, 0.5) is 0 Å². The zero-order chi connectivity index (χ0) is 16.1. The van der Waals surface area contributed by atoms with Crippen LogP contribution in [0.25, 0.3) is 10.8 Å². The molecule has 1 atom stereocenters. The van der Waals surface area contributed by atoms with Gasteiger partial charge in [-0.2, -0.15) is 0 Å². The molecule has 6 nitrogen and oxygen atoms in total. The van der Waals surface area contributed by atoms with E-state index in [2.05, 4.69) is 27.1 Å². The third kappa shape index (κ3) is 4.11. The minimum atomic E-state index is 0.484. The average Bonchev–Trinajstić information content (AvgIpc) is 3.31. The largest absolute Gasteiger partial charge is 0.462 e. The molecule has 124 valence electrons. The lowest BCUT2D eigenvalue weighted by molar-refractivity contribution is 0.267. The van der Waals surface area contributed by atoms with E-state index in [4.69, 9.17) is 10.2 Å².